The molecule has 156 valence electrons. The lowest BCUT2D eigenvalue weighted by Gasteiger charge is -2.38. The summed E-state index contributed by atoms with van der Waals surface area (Å²) in [6, 6.07) is 6.53. The molecule has 5 rings (SSSR count). The van der Waals surface area contributed by atoms with Gasteiger partial charge in [0, 0.05) is 55.7 Å². The van der Waals surface area contributed by atoms with Crippen LogP contribution in [0, 0.1) is 17.1 Å². The second-order valence-electron chi connectivity index (χ2n) is 7.71. The summed E-state index contributed by atoms with van der Waals surface area (Å²) in [5.41, 5.74) is 0.987. The standard InChI is InChI=1S/C21H18F2N8/c1-30-12-27-29-20(30)21(23)2-4-31(5-3-21)18-13(9-24)7-16(22)8-17(18)14-6-15-11-26-28-19(15)25-10-14/h6-8,10-12H,2-5H2,1H3,(H,25,26,28). The minimum absolute atomic E-state index is 0.181. The van der Waals surface area contributed by atoms with Crippen molar-refractivity contribution < 1.29 is 8.78 Å². The van der Waals surface area contributed by atoms with Gasteiger partial charge in [-0.3, -0.25) is 5.10 Å². The number of benzene rings is 1. The smallest absolute Gasteiger partial charge is 0.173 e. The highest BCUT2D eigenvalue weighted by Crippen LogP contribution is 2.41. The van der Waals surface area contributed by atoms with Crippen molar-refractivity contribution in [2.75, 3.05) is 18.0 Å². The Labute approximate surface area is 176 Å². The highest BCUT2D eigenvalue weighted by atomic mass is 19.1. The minimum Gasteiger partial charge on any atom is -0.370 e. The van der Waals surface area contributed by atoms with Gasteiger partial charge in [0.05, 0.1) is 17.4 Å². The number of aromatic nitrogens is 6. The number of nitrogens with one attached hydrogen (secondary N) is 1. The lowest BCUT2D eigenvalue weighted by molar-refractivity contribution is 0.109. The Morgan fingerprint density at radius 3 is 2.71 bits per heavy atom. The summed E-state index contributed by atoms with van der Waals surface area (Å²) in [6.07, 6.45) is 5.09. The number of nitrogens with zero attached hydrogens (tertiary/aromatic N) is 7. The van der Waals surface area contributed by atoms with Crippen LogP contribution in [0.5, 0.6) is 0 Å². The van der Waals surface area contributed by atoms with Gasteiger partial charge in [0.2, 0.25) is 0 Å². The Hall–Kier alpha value is -3.87. The van der Waals surface area contributed by atoms with Crippen molar-refractivity contribution >= 4 is 16.7 Å². The van der Waals surface area contributed by atoms with Crippen molar-refractivity contribution in [1.29, 1.82) is 5.26 Å². The van der Waals surface area contributed by atoms with Crippen molar-refractivity contribution in [1.82, 2.24) is 29.9 Å². The zero-order chi connectivity index (χ0) is 21.6. The molecule has 1 aliphatic rings. The summed E-state index contributed by atoms with van der Waals surface area (Å²) in [5.74, 6) is -0.222. The largest absolute Gasteiger partial charge is 0.370 e. The highest BCUT2D eigenvalue weighted by Gasteiger charge is 2.41. The predicted octanol–water partition coefficient (Wildman–Crippen LogP) is 3.23. The number of halogens is 2. The summed E-state index contributed by atoms with van der Waals surface area (Å²) >= 11 is 0. The van der Waals surface area contributed by atoms with Gasteiger partial charge in [-0.25, -0.2) is 13.8 Å². The summed E-state index contributed by atoms with van der Waals surface area (Å²) in [4.78, 5) is 6.27. The molecule has 1 saturated heterocycles. The fourth-order valence-corrected chi connectivity index (χ4v) is 4.23. The third-order valence-electron chi connectivity index (χ3n) is 5.78. The molecule has 0 unspecified atom stereocenters. The van der Waals surface area contributed by atoms with E-state index in [1.807, 2.05) is 11.0 Å². The fourth-order valence-electron chi connectivity index (χ4n) is 4.23. The number of alkyl halides is 1. The van der Waals surface area contributed by atoms with Gasteiger partial charge in [-0.2, -0.15) is 10.4 Å². The van der Waals surface area contributed by atoms with Crippen molar-refractivity contribution in [2.45, 2.75) is 18.5 Å². The molecular formula is C21H18F2N8. The number of aryl methyl sites for hydroxylation is 1. The van der Waals surface area contributed by atoms with Crippen LogP contribution in [0.4, 0.5) is 14.5 Å². The Balaban J connectivity index is 1.55. The van der Waals surface area contributed by atoms with Crippen LogP contribution in [0.3, 0.4) is 0 Å². The zero-order valence-electron chi connectivity index (χ0n) is 16.7. The quantitative estimate of drug-likeness (QED) is 0.546. The molecule has 0 spiro atoms. The van der Waals surface area contributed by atoms with E-state index in [1.54, 1.807) is 24.0 Å². The van der Waals surface area contributed by atoms with E-state index in [4.69, 9.17) is 0 Å². The number of piperidine rings is 1. The number of anilines is 1. The van der Waals surface area contributed by atoms with Crippen LogP contribution < -0.4 is 4.90 Å². The summed E-state index contributed by atoms with van der Waals surface area (Å²) in [7, 11) is 1.72. The molecule has 1 aliphatic heterocycles. The Bertz CT molecular complexity index is 1310. The molecule has 4 heterocycles. The molecule has 3 aromatic heterocycles. The third kappa shape index (κ3) is 3.18. The average Bonchev–Trinajstić information content (AvgIpc) is 3.42. The van der Waals surface area contributed by atoms with E-state index < -0.39 is 11.5 Å². The number of hydrogen-bond donors (Lipinski definition) is 1. The lowest BCUT2D eigenvalue weighted by atomic mass is 9.90. The summed E-state index contributed by atoms with van der Waals surface area (Å²) in [6.45, 7) is 0.691. The number of pyridine rings is 1. The molecule has 0 amide bonds. The molecule has 0 saturated carbocycles. The van der Waals surface area contributed by atoms with Gasteiger partial charge in [-0.05, 0) is 18.2 Å². The monoisotopic (exact) mass is 420 g/mol. The number of rotatable bonds is 3. The fraction of sp³-hybridized carbons (Fsp3) is 0.286. The number of hydrogen-bond acceptors (Lipinski definition) is 6. The SMILES string of the molecule is Cn1cnnc1C1(F)CCN(c2c(C#N)cc(F)cc2-c2cnc3[nH]ncc3c2)CC1. The van der Waals surface area contributed by atoms with Crippen LogP contribution >= 0.6 is 0 Å². The van der Waals surface area contributed by atoms with E-state index >= 15 is 4.39 Å². The van der Waals surface area contributed by atoms with Gasteiger partial charge in [-0.1, -0.05) is 0 Å². The number of H-pyrrole nitrogens is 1. The third-order valence-corrected chi connectivity index (χ3v) is 5.78. The molecule has 1 aromatic carbocycles. The lowest BCUT2D eigenvalue weighted by Crippen LogP contribution is -2.42. The first-order valence-electron chi connectivity index (χ1n) is 9.80. The normalized spacial score (nSPS) is 15.9. The first kappa shape index (κ1) is 19.1. The van der Waals surface area contributed by atoms with Crippen LogP contribution in [0.1, 0.15) is 24.2 Å². The number of fused-ring (bicyclic) bond motifs is 1. The van der Waals surface area contributed by atoms with E-state index in [-0.39, 0.29) is 18.4 Å². The van der Waals surface area contributed by atoms with E-state index in [1.165, 1.54) is 18.5 Å². The summed E-state index contributed by atoms with van der Waals surface area (Å²) in [5, 5.41) is 25.0. The maximum atomic E-state index is 15.6. The van der Waals surface area contributed by atoms with Crippen LogP contribution in [-0.4, -0.2) is 43.0 Å². The molecule has 1 fully saturated rings. The number of aromatic amines is 1. The second kappa shape index (κ2) is 7.12. The second-order valence-corrected chi connectivity index (χ2v) is 7.71. The van der Waals surface area contributed by atoms with Gasteiger partial charge < -0.3 is 9.47 Å². The van der Waals surface area contributed by atoms with E-state index in [2.05, 4.69) is 31.4 Å². The van der Waals surface area contributed by atoms with Crippen LogP contribution in [0.2, 0.25) is 0 Å². The Morgan fingerprint density at radius 2 is 2.00 bits per heavy atom. The molecule has 8 nitrogen and oxygen atoms in total. The predicted molar refractivity (Wildman–Crippen MR) is 109 cm³/mol. The van der Waals surface area contributed by atoms with Crippen molar-refractivity contribution in [3.8, 4) is 17.2 Å². The molecular weight excluding hydrogens is 402 g/mol. The van der Waals surface area contributed by atoms with Crippen LogP contribution in [-0.2, 0) is 12.7 Å². The molecule has 31 heavy (non-hydrogen) atoms. The Kier molecular flexibility index (Phi) is 4.39. The van der Waals surface area contributed by atoms with E-state index in [9.17, 15) is 9.65 Å². The van der Waals surface area contributed by atoms with Crippen LogP contribution in [0.15, 0.2) is 36.9 Å². The van der Waals surface area contributed by atoms with E-state index in [0.29, 0.717) is 41.4 Å². The average molecular weight is 420 g/mol. The first-order chi connectivity index (χ1) is 15.0. The maximum Gasteiger partial charge on any atom is 0.173 e. The molecule has 0 radical (unpaired) electrons. The van der Waals surface area contributed by atoms with Crippen molar-refractivity contribution in [3.05, 3.63) is 54.1 Å². The molecule has 0 atom stereocenters. The molecule has 0 bridgehead atoms. The van der Waals surface area contributed by atoms with Gasteiger partial charge in [0.25, 0.3) is 0 Å². The van der Waals surface area contributed by atoms with Gasteiger partial charge in [-0.15, -0.1) is 10.2 Å². The van der Waals surface area contributed by atoms with Crippen molar-refractivity contribution in [3.63, 3.8) is 0 Å². The van der Waals surface area contributed by atoms with Crippen LogP contribution in [0.25, 0.3) is 22.2 Å². The van der Waals surface area contributed by atoms with E-state index in [0.717, 1.165) is 5.39 Å². The van der Waals surface area contributed by atoms with Crippen molar-refractivity contribution in [2.24, 2.45) is 7.05 Å². The maximum absolute atomic E-state index is 15.6. The minimum atomic E-state index is -1.61. The summed E-state index contributed by atoms with van der Waals surface area (Å²) < 4.78 is 31.6. The zero-order valence-corrected chi connectivity index (χ0v) is 16.7. The molecule has 4 aromatic rings. The van der Waals surface area contributed by atoms with Gasteiger partial charge in [0.1, 0.15) is 18.2 Å². The van der Waals surface area contributed by atoms with Gasteiger partial charge in [0.15, 0.2) is 17.1 Å². The molecule has 1 N–H and O–H groups in total. The molecule has 0 aliphatic carbocycles. The molecule has 10 heteroatoms. The first-order valence-corrected chi connectivity index (χ1v) is 9.80. The van der Waals surface area contributed by atoms with Gasteiger partial charge >= 0.3 is 0 Å². The highest BCUT2D eigenvalue weighted by molar-refractivity contribution is 5.87. The number of nitriles is 1. The topological polar surface area (TPSA) is 99.3 Å². The Morgan fingerprint density at radius 1 is 1.19 bits per heavy atom.